The molecule has 0 saturated carbocycles. The highest BCUT2D eigenvalue weighted by Crippen LogP contribution is 2.19. The summed E-state index contributed by atoms with van der Waals surface area (Å²) in [5.41, 5.74) is 1.72. The third kappa shape index (κ3) is 3.42. The molecule has 0 saturated heterocycles. The number of benzene rings is 1. The van der Waals surface area contributed by atoms with Crippen LogP contribution in [-0.2, 0) is 16.6 Å². The first-order chi connectivity index (χ1) is 10.4. The van der Waals surface area contributed by atoms with Gasteiger partial charge in [0.2, 0.25) is 10.0 Å². The van der Waals surface area contributed by atoms with Gasteiger partial charge < -0.3 is 5.32 Å². The lowest BCUT2D eigenvalue weighted by atomic mass is 10.2. The Bertz CT molecular complexity index is 793. The van der Waals surface area contributed by atoms with E-state index in [4.69, 9.17) is 5.26 Å². The Hall–Kier alpha value is -2.43. The van der Waals surface area contributed by atoms with E-state index in [0.29, 0.717) is 17.8 Å². The van der Waals surface area contributed by atoms with E-state index in [1.165, 1.54) is 18.4 Å². The van der Waals surface area contributed by atoms with Crippen LogP contribution in [0.25, 0.3) is 0 Å². The number of anilines is 1. The maximum absolute atomic E-state index is 12.3. The lowest BCUT2D eigenvalue weighted by molar-refractivity contribution is 0.520. The zero-order valence-electron chi connectivity index (χ0n) is 12.3. The number of nitrogens with zero attached hydrogens (tertiary/aromatic N) is 3. The second-order valence-electron chi connectivity index (χ2n) is 4.79. The lowest BCUT2D eigenvalue weighted by Gasteiger charge is -2.15. The molecule has 0 amide bonds. The summed E-state index contributed by atoms with van der Waals surface area (Å²) in [6.45, 7) is 0.344. The van der Waals surface area contributed by atoms with Crippen molar-refractivity contribution < 1.29 is 8.42 Å². The smallest absolute Gasteiger partial charge is 0.242 e. The Labute approximate surface area is 130 Å². The molecule has 0 unspecified atom stereocenters. The first kappa shape index (κ1) is 15.9. The number of nitriles is 1. The average Bonchev–Trinajstić information content (AvgIpc) is 2.53. The van der Waals surface area contributed by atoms with Crippen LogP contribution in [-0.4, -0.2) is 31.8 Å². The van der Waals surface area contributed by atoms with Crippen LogP contribution in [0.3, 0.4) is 0 Å². The fraction of sp³-hybridized carbons (Fsp3) is 0.200. The molecule has 0 fully saturated rings. The molecule has 2 aromatic rings. The number of pyridine rings is 1. The topological polar surface area (TPSA) is 86.1 Å². The van der Waals surface area contributed by atoms with Crippen LogP contribution >= 0.6 is 0 Å². The molecule has 0 aliphatic carbocycles. The van der Waals surface area contributed by atoms with Gasteiger partial charge in [-0.3, -0.25) is 0 Å². The number of hydrogen-bond donors (Lipinski definition) is 1. The van der Waals surface area contributed by atoms with E-state index < -0.39 is 10.0 Å². The molecule has 0 bridgehead atoms. The second-order valence-corrected chi connectivity index (χ2v) is 6.91. The normalized spacial score (nSPS) is 11.2. The van der Waals surface area contributed by atoms with Crippen LogP contribution in [0.4, 0.5) is 5.69 Å². The van der Waals surface area contributed by atoms with Gasteiger partial charge in [0.25, 0.3) is 0 Å². The highest BCUT2D eigenvalue weighted by atomic mass is 32.2. The molecule has 6 nitrogen and oxygen atoms in total. The summed E-state index contributed by atoms with van der Waals surface area (Å²) in [6.07, 6.45) is 1.54. The van der Waals surface area contributed by atoms with Gasteiger partial charge in [0.15, 0.2) is 0 Å². The van der Waals surface area contributed by atoms with E-state index in [-0.39, 0.29) is 4.90 Å². The number of hydrogen-bond acceptors (Lipinski definition) is 5. The van der Waals surface area contributed by atoms with Crippen LogP contribution in [0.2, 0.25) is 0 Å². The average molecular weight is 316 g/mol. The van der Waals surface area contributed by atoms with Crippen molar-refractivity contribution in [1.29, 1.82) is 5.26 Å². The predicted molar refractivity (Wildman–Crippen MR) is 83.6 cm³/mol. The monoisotopic (exact) mass is 316 g/mol. The highest BCUT2D eigenvalue weighted by Gasteiger charge is 2.20. The summed E-state index contributed by atoms with van der Waals surface area (Å²) in [6, 6.07) is 12.1. The predicted octanol–water partition coefficient (Wildman–Crippen LogP) is 1.82. The zero-order valence-corrected chi connectivity index (χ0v) is 13.1. The molecule has 0 radical (unpaired) electrons. The molecule has 114 valence electrons. The van der Waals surface area contributed by atoms with Crippen molar-refractivity contribution in [3.05, 3.63) is 53.9 Å². The summed E-state index contributed by atoms with van der Waals surface area (Å²) in [5, 5.41) is 11.8. The number of sulfonamides is 1. The molecule has 22 heavy (non-hydrogen) atoms. The van der Waals surface area contributed by atoms with Gasteiger partial charge in [-0.25, -0.2) is 17.7 Å². The summed E-state index contributed by atoms with van der Waals surface area (Å²) in [4.78, 5) is 4.23. The Kier molecular flexibility index (Phi) is 4.75. The van der Waals surface area contributed by atoms with Gasteiger partial charge >= 0.3 is 0 Å². The summed E-state index contributed by atoms with van der Waals surface area (Å²) >= 11 is 0. The van der Waals surface area contributed by atoms with E-state index in [1.807, 2.05) is 6.07 Å². The summed E-state index contributed by atoms with van der Waals surface area (Å²) in [7, 11) is -0.480. The fourth-order valence-electron chi connectivity index (χ4n) is 1.86. The van der Waals surface area contributed by atoms with Crippen LogP contribution in [0.1, 0.15) is 11.3 Å². The minimum absolute atomic E-state index is 0.272. The van der Waals surface area contributed by atoms with E-state index in [1.54, 1.807) is 42.6 Å². The van der Waals surface area contributed by atoms with Gasteiger partial charge in [0.05, 0.1) is 16.8 Å². The molecular formula is C15H16N4O2S. The van der Waals surface area contributed by atoms with Crippen molar-refractivity contribution >= 4 is 15.7 Å². The Balaban J connectivity index is 2.22. The Morgan fingerprint density at radius 2 is 1.95 bits per heavy atom. The van der Waals surface area contributed by atoms with Crippen LogP contribution < -0.4 is 5.32 Å². The minimum Gasteiger partial charge on any atom is -0.380 e. The van der Waals surface area contributed by atoms with Gasteiger partial charge in [0.1, 0.15) is 11.8 Å². The van der Waals surface area contributed by atoms with Gasteiger partial charge in [0, 0.05) is 20.6 Å². The number of nitrogens with one attached hydrogen (secondary N) is 1. The summed E-state index contributed by atoms with van der Waals surface area (Å²) < 4.78 is 25.8. The van der Waals surface area contributed by atoms with E-state index >= 15 is 0 Å². The van der Waals surface area contributed by atoms with Crippen molar-refractivity contribution in [3.8, 4) is 6.07 Å². The van der Waals surface area contributed by atoms with Crippen molar-refractivity contribution in [2.24, 2.45) is 0 Å². The molecule has 0 aliphatic rings. The largest absolute Gasteiger partial charge is 0.380 e. The molecule has 7 heteroatoms. The fourth-order valence-corrected chi connectivity index (χ4v) is 2.98. The standard InChI is InChI=1S/C15H16N4O2S/c1-19(2)22(20,21)15-6-4-3-5-12(15)10-17-14-8-7-13(9-16)18-11-14/h3-8,11,17H,10H2,1-2H3. The van der Waals surface area contributed by atoms with Crippen molar-refractivity contribution in [2.45, 2.75) is 11.4 Å². The van der Waals surface area contributed by atoms with Crippen molar-refractivity contribution in [3.63, 3.8) is 0 Å². The van der Waals surface area contributed by atoms with Gasteiger partial charge in [-0.05, 0) is 23.8 Å². The molecule has 0 spiro atoms. The molecule has 1 aromatic heterocycles. The van der Waals surface area contributed by atoms with Gasteiger partial charge in [-0.2, -0.15) is 5.26 Å². The van der Waals surface area contributed by atoms with Crippen LogP contribution in [0.5, 0.6) is 0 Å². The number of rotatable bonds is 5. The van der Waals surface area contributed by atoms with Crippen molar-refractivity contribution in [1.82, 2.24) is 9.29 Å². The van der Waals surface area contributed by atoms with Gasteiger partial charge in [-0.1, -0.05) is 18.2 Å². The molecule has 1 heterocycles. The third-order valence-corrected chi connectivity index (χ3v) is 5.01. The second kappa shape index (κ2) is 6.56. The molecule has 1 N–H and O–H groups in total. The molecular weight excluding hydrogens is 300 g/mol. The van der Waals surface area contributed by atoms with Crippen LogP contribution in [0, 0.1) is 11.3 Å². The van der Waals surface area contributed by atoms with E-state index in [0.717, 1.165) is 5.69 Å². The quantitative estimate of drug-likeness (QED) is 0.909. The number of aromatic nitrogens is 1. The maximum atomic E-state index is 12.3. The molecule has 0 aliphatic heterocycles. The van der Waals surface area contributed by atoms with E-state index in [2.05, 4.69) is 10.3 Å². The first-order valence-corrected chi connectivity index (χ1v) is 7.99. The van der Waals surface area contributed by atoms with Gasteiger partial charge in [-0.15, -0.1) is 0 Å². The first-order valence-electron chi connectivity index (χ1n) is 6.55. The SMILES string of the molecule is CN(C)S(=O)(=O)c1ccccc1CNc1ccc(C#N)nc1. The lowest BCUT2D eigenvalue weighted by Crippen LogP contribution is -2.23. The van der Waals surface area contributed by atoms with Crippen LogP contribution in [0.15, 0.2) is 47.5 Å². The van der Waals surface area contributed by atoms with Crippen molar-refractivity contribution in [2.75, 3.05) is 19.4 Å². The Morgan fingerprint density at radius 3 is 2.55 bits per heavy atom. The molecule has 1 aromatic carbocycles. The third-order valence-electron chi connectivity index (χ3n) is 3.09. The zero-order chi connectivity index (χ0) is 16.2. The summed E-state index contributed by atoms with van der Waals surface area (Å²) in [5.74, 6) is 0. The van der Waals surface area contributed by atoms with E-state index in [9.17, 15) is 8.42 Å². The molecule has 0 atom stereocenters. The Morgan fingerprint density at radius 1 is 1.23 bits per heavy atom. The minimum atomic E-state index is -3.49. The maximum Gasteiger partial charge on any atom is 0.242 e. The molecule has 2 rings (SSSR count). The highest BCUT2D eigenvalue weighted by molar-refractivity contribution is 7.89.